The minimum absolute atomic E-state index is 0.574. The van der Waals surface area contributed by atoms with Crippen LogP contribution in [0.3, 0.4) is 0 Å². The van der Waals surface area contributed by atoms with E-state index in [-0.39, 0.29) is 0 Å². The van der Waals surface area contributed by atoms with Crippen LogP contribution in [0, 0.1) is 0 Å². The number of ether oxygens (including phenoxy) is 1. The molecule has 0 bridgehead atoms. The molecule has 3 heteroatoms. The summed E-state index contributed by atoms with van der Waals surface area (Å²) in [7, 11) is -1.26. The van der Waals surface area contributed by atoms with Crippen molar-refractivity contribution in [3.8, 4) is 0 Å². The Morgan fingerprint density at radius 2 is 2.27 bits per heavy atom. The topological polar surface area (TPSA) is 21.8 Å². The molecule has 11 heavy (non-hydrogen) atoms. The number of epoxide rings is 1. The van der Waals surface area contributed by atoms with Gasteiger partial charge in [0.15, 0.2) is 8.32 Å². The van der Waals surface area contributed by atoms with E-state index in [0.717, 1.165) is 13.2 Å². The van der Waals surface area contributed by atoms with Gasteiger partial charge in [-0.2, -0.15) is 0 Å². The number of hydrogen-bond acceptors (Lipinski definition) is 2. The highest BCUT2D eigenvalue weighted by Gasteiger charge is 2.38. The van der Waals surface area contributed by atoms with Gasteiger partial charge in [0, 0.05) is 6.61 Å². The van der Waals surface area contributed by atoms with Crippen molar-refractivity contribution in [2.45, 2.75) is 37.6 Å². The van der Waals surface area contributed by atoms with Gasteiger partial charge in [-0.25, -0.2) is 0 Å². The lowest BCUT2D eigenvalue weighted by Crippen LogP contribution is -2.39. The van der Waals surface area contributed by atoms with Gasteiger partial charge in [-0.3, -0.25) is 0 Å². The summed E-state index contributed by atoms with van der Waals surface area (Å²) < 4.78 is 11.1. The summed E-state index contributed by atoms with van der Waals surface area (Å²) >= 11 is 0. The molecule has 0 aromatic heterocycles. The molecule has 2 rings (SSSR count). The zero-order chi connectivity index (χ0) is 7.73. The van der Waals surface area contributed by atoms with E-state index in [1.54, 1.807) is 0 Å². The first kappa shape index (κ1) is 7.77. The summed E-state index contributed by atoms with van der Waals surface area (Å²) in [5.41, 5.74) is 0. The second-order valence-electron chi connectivity index (χ2n) is 3.91. The van der Waals surface area contributed by atoms with Crippen LogP contribution in [0.4, 0.5) is 0 Å². The van der Waals surface area contributed by atoms with E-state index >= 15 is 0 Å². The zero-order valence-corrected chi connectivity index (χ0v) is 8.14. The molecule has 64 valence electrons. The normalized spacial score (nSPS) is 43.9. The molecule has 0 N–H and O–H groups in total. The summed E-state index contributed by atoms with van der Waals surface area (Å²) in [6, 6.07) is 2.60. The van der Waals surface area contributed by atoms with E-state index in [0.29, 0.717) is 6.10 Å². The van der Waals surface area contributed by atoms with Crippen LogP contribution >= 0.6 is 0 Å². The van der Waals surface area contributed by atoms with Crippen molar-refractivity contribution in [3.63, 3.8) is 0 Å². The molecule has 0 radical (unpaired) electrons. The van der Waals surface area contributed by atoms with Crippen LogP contribution in [-0.4, -0.2) is 27.6 Å². The van der Waals surface area contributed by atoms with E-state index in [1.165, 1.54) is 24.9 Å². The lowest BCUT2D eigenvalue weighted by Gasteiger charge is -2.30. The van der Waals surface area contributed by atoms with Gasteiger partial charge >= 0.3 is 0 Å². The van der Waals surface area contributed by atoms with E-state index in [1.807, 2.05) is 0 Å². The predicted octanol–water partition coefficient (Wildman–Crippen LogP) is 1.77. The molecular formula is C8H16O2Si. The molecule has 0 aromatic carbocycles. The largest absolute Gasteiger partial charge is 0.417 e. The monoisotopic (exact) mass is 172 g/mol. The van der Waals surface area contributed by atoms with Gasteiger partial charge in [0.2, 0.25) is 0 Å². The fourth-order valence-electron chi connectivity index (χ4n) is 1.82. The summed E-state index contributed by atoms with van der Waals surface area (Å²) in [6.07, 6.45) is 3.23. The van der Waals surface area contributed by atoms with E-state index in [4.69, 9.17) is 9.16 Å². The van der Waals surface area contributed by atoms with Crippen molar-refractivity contribution in [2.24, 2.45) is 0 Å². The third-order valence-corrected chi connectivity index (χ3v) is 6.24. The third-order valence-electron chi connectivity index (χ3n) is 2.61. The Morgan fingerprint density at radius 1 is 1.45 bits per heavy atom. The summed E-state index contributed by atoms with van der Waals surface area (Å²) in [5.74, 6) is 0. The highest BCUT2D eigenvalue weighted by Crippen LogP contribution is 2.30. The first-order valence-electron chi connectivity index (χ1n) is 4.54. The standard InChI is InChI=1S/C8H16O2Si/c1-11(7-8-6-9-8)5-3-2-4-10-11/h8H,2-7H2,1H3. The van der Waals surface area contributed by atoms with Gasteiger partial charge in [0.1, 0.15) is 0 Å². The van der Waals surface area contributed by atoms with Crippen LogP contribution in [0.1, 0.15) is 12.8 Å². The van der Waals surface area contributed by atoms with Gasteiger partial charge < -0.3 is 9.16 Å². The molecule has 0 aliphatic carbocycles. The van der Waals surface area contributed by atoms with Crippen molar-refractivity contribution in [1.82, 2.24) is 0 Å². The molecule has 2 saturated heterocycles. The van der Waals surface area contributed by atoms with Crippen LogP contribution in [0.25, 0.3) is 0 Å². The Balaban J connectivity index is 1.84. The lowest BCUT2D eigenvalue weighted by atomic mass is 10.4. The van der Waals surface area contributed by atoms with Crippen molar-refractivity contribution >= 4 is 8.32 Å². The minimum Gasteiger partial charge on any atom is -0.417 e. The third kappa shape index (κ3) is 2.04. The molecule has 0 amide bonds. The Morgan fingerprint density at radius 3 is 2.82 bits per heavy atom. The first-order valence-corrected chi connectivity index (χ1v) is 7.36. The molecule has 2 nitrogen and oxygen atoms in total. The van der Waals surface area contributed by atoms with E-state index < -0.39 is 8.32 Å². The fourth-order valence-corrected chi connectivity index (χ4v) is 5.12. The van der Waals surface area contributed by atoms with Crippen LogP contribution < -0.4 is 0 Å². The quantitative estimate of drug-likeness (QED) is 0.468. The van der Waals surface area contributed by atoms with Crippen molar-refractivity contribution in [1.29, 1.82) is 0 Å². The summed E-state index contributed by atoms with van der Waals surface area (Å²) in [5, 5.41) is 0. The van der Waals surface area contributed by atoms with Crippen LogP contribution in [0.5, 0.6) is 0 Å². The van der Waals surface area contributed by atoms with Gasteiger partial charge in [-0.05, 0) is 25.1 Å². The van der Waals surface area contributed by atoms with Gasteiger partial charge in [0.25, 0.3) is 0 Å². The number of hydrogen-bond donors (Lipinski definition) is 0. The van der Waals surface area contributed by atoms with Crippen LogP contribution in [-0.2, 0) is 9.16 Å². The zero-order valence-electron chi connectivity index (χ0n) is 7.14. The van der Waals surface area contributed by atoms with Crippen LogP contribution in [0.2, 0.25) is 18.6 Å². The Labute approximate surface area is 69.0 Å². The first-order chi connectivity index (χ1) is 5.29. The maximum absolute atomic E-state index is 5.88. The molecule has 0 saturated carbocycles. The average molecular weight is 172 g/mol. The highest BCUT2D eigenvalue weighted by molar-refractivity contribution is 6.72. The van der Waals surface area contributed by atoms with Gasteiger partial charge in [-0.15, -0.1) is 0 Å². The summed E-state index contributed by atoms with van der Waals surface area (Å²) in [6.45, 7) is 4.36. The van der Waals surface area contributed by atoms with E-state index in [2.05, 4.69) is 6.55 Å². The average Bonchev–Trinajstić information content (AvgIpc) is 2.72. The molecule has 2 unspecified atom stereocenters. The molecule has 2 fully saturated rings. The Bertz CT molecular complexity index is 139. The van der Waals surface area contributed by atoms with Crippen molar-refractivity contribution < 1.29 is 9.16 Å². The molecule has 0 aromatic rings. The minimum atomic E-state index is -1.26. The lowest BCUT2D eigenvalue weighted by molar-refractivity contribution is 0.266. The SMILES string of the molecule is C[Si]1(CC2CO2)CCCCO1. The molecular weight excluding hydrogens is 156 g/mol. The molecule has 0 spiro atoms. The smallest absolute Gasteiger partial charge is 0.192 e. The van der Waals surface area contributed by atoms with Crippen molar-refractivity contribution in [3.05, 3.63) is 0 Å². The van der Waals surface area contributed by atoms with Crippen molar-refractivity contribution in [2.75, 3.05) is 13.2 Å². The molecule has 2 atom stereocenters. The number of rotatable bonds is 2. The molecule has 2 aliphatic heterocycles. The van der Waals surface area contributed by atoms with Gasteiger partial charge in [-0.1, -0.05) is 6.42 Å². The maximum atomic E-state index is 5.88. The van der Waals surface area contributed by atoms with E-state index in [9.17, 15) is 0 Å². The predicted molar refractivity (Wildman–Crippen MR) is 46.2 cm³/mol. The Kier molecular flexibility index (Phi) is 2.04. The Hall–Kier alpha value is 0.137. The summed E-state index contributed by atoms with van der Waals surface area (Å²) in [4.78, 5) is 0. The molecule has 2 aliphatic rings. The van der Waals surface area contributed by atoms with Gasteiger partial charge in [0.05, 0.1) is 12.7 Å². The second-order valence-corrected chi connectivity index (χ2v) is 8.01. The fraction of sp³-hybridized carbons (Fsp3) is 1.00. The molecule has 2 heterocycles. The van der Waals surface area contributed by atoms with Crippen LogP contribution in [0.15, 0.2) is 0 Å². The second kappa shape index (κ2) is 2.88. The maximum Gasteiger partial charge on any atom is 0.192 e. The highest BCUT2D eigenvalue weighted by atomic mass is 28.4.